The third-order valence-corrected chi connectivity index (χ3v) is 5.70. The van der Waals surface area contributed by atoms with E-state index in [1.807, 2.05) is 41.6 Å². The van der Waals surface area contributed by atoms with Crippen LogP contribution in [0.5, 0.6) is 0 Å². The van der Waals surface area contributed by atoms with Crippen LogP contribution in [-0.2, 0) is 17.6 Å². The van der Waals surface area contributed by atoms with Crippen molar-refractivity contribution in [1.82, 2.24) is 19.4 Å². The fraction of sp³-hybridized carbons (Fsp3) is 0.375. The summed E-state index contributed by atoms with van der Waals surface area (Å²) in [5, 5.41) is 0. The fourth-order valence-corrected chi connectivity index (χ4v) is 4.10. The molecule has 0 N–H and O–H groups in total. The molecule has 0 saturated carbocycles. The number of rotatable bonds is 6. The highest BCUT2D eigenvalue weighted by Gasteiger charge is 2.25. The van der Waals surface area contributed by atoms with Gasteiger partial charge in [0.1, 0.15) is 11.6 Å². The van der Waals surface area contributed by atoms with Crippen molar-refractivity contribution in [2.24, 2.45) is 0 Å². The summed E-state index contributed by atoms with van der Waals surface area (Å²) in [5.74, 6) is 2.45. The third-order valence-electron chi connectivity index (χ3n) is 5.70. The monoisotopic (exact) mass is 388 g/mol. The average Bonchev–Trinajstić information content (AvgIpc) is 3.27. The summed E-state index contributed by atoms with van der Waals surface area (Å²) in [7, 11) is 0. The fourth-order valence-electron chi connectivity index (χ4n) is 4.10. The lowest BCUT2D eigenvalue weighted by Gasteiger charge is -2.32. The molecule has 5 heteroatoms. The smallest absolute Gasteiger partial charge is 0.222 e. The Morgan fingerprint density at radius 1 is 1.14 bits per heavy atom. The van der Waals surface area contributed by atoms with Gasteiger partial charge < -0.3 is 4.90 Å². The molecule has 1 aliphatic heterocycles. The first-order valence-electron chi connectivity index (χ1n) is 10.6. The van der Waals surface area contributed by atoms with E-state index in [-0.39, 0.29) is 11.8 Å². The quantitative estimate of drug-likeness (QED) is 0.637. The summed E-state index contributed by atoms with van der Waals surface area (Å²) >= 11 is 0. The Morgan fingerprint density at radius 3 is 2.83 bits per heavy atom. The van der Waals surface area contributed by atoms with E-state index >= 15 is 0 Å². The van der Waals surface area contributed by atoms with Crippen molar-refractivity contribution >= 4 is 5.91 Å². The lowest BCUT2D eigenvalue weighted by atomic mass is 9.94. The summed E-state index contributed by atoms with van der Waals surface area (Å²) < 4.78 is 2.05. The first-order valence-corrected chi connectivity index (χ1v) is 10.6. The van der Waals surface area contributed by atoms with E-state index in [0.717, 1.165) is 56.1 Å². The van der Waals surface area contributed by atoms with E-state index in [4.69, 9.17) is 4.98 Å². The van der Waals surface area contributed by atoms with Gasteiger partial charge in [-0.1, -0.05) is 43.3 Å². The van der Waals surface area contributed by atoms with Gasteiger partial charge in [0, 0.05) is 49.9 Å². The van der Waals surface area contributed by atoms with Crippen LogP contribution in [0.15, 0.2) is 60.9 Å². The second-order valence-corrected chi connectivity index (χ2v) is 7.65. The molecule has 1 aliphatic rings. The topological polar surface area (TPSA) is 51.0 Å². The van der Waals surface area contributed by atoms with Crippen molar-refractivity contribution in [1.29, 1.82) is 0 Å². The molecule has 1 unspecified atom stereocenters. The maximum absolute atomic E-state index is 12.8. The molecule has 1 atom stereocenters. The van der Waals surface area contributed by atoms with Crippen LogP contribution < -0.4 is 0 Å². The van der Waals surface area contributed by atoms with Crippen LogP contribution >= 0.6 is 0 Å². The minimum atomic E-state index is 0.248. The summed E-state index contributed by atoms with van der Waals surface area (Å²) in [6, 6.07) is 16.4. The van der Waals surface area contributed by atoms with Crippen molar-refractivity contribution in [2.45, 2.75) is 44.9 Å². The number of nitrogens with zero attached hydrogens (tertiary/aromatic N) is 4. The van der Waals surface area contributed by atoms with Crippen molar-refractivity contribution in [3.05, 3.63) is 78.0 Å². The average molecular weight is 389 g/mol. The maximum Gasteiger partial charge on any atom is 0.222 e. The Hall–Kier alpha value is -2.95. The highest BCUT2D eigenvalue weighted by atomic mass is 16.2. The van der Waals surface area contributed by atoms with Crippen LogP contribution in [0.4, 0.5) is 0 Å². The Kier molecular flexibility index (Phi) is 6.03. The van der Waals surface area contributed by atoms with Gasteiger partial charge in [0.25, 0.3) is 0 Å². The van der Waals surface area contributed by atoms with Crippen LogP contribution in [0.25, 0.3) is 5.82 Å². The van der Waals surface area contributed by atoms with Gasteiger partial charge in [-0.15, -0.1) is 0 Å². The molecule has 1 aromatic carbocycles. The molecule has 29 heavy (non-hydrogen) atoms. The highest BCUT2D eigenvalue weighted by Crippen LogP contribution is 2.27. The summed E-state index contributed by atoms with van der Waals surface area (Å²) in [5.41, 5.74) is 2.29. The van der Waals surface area contributed by atoms with Gasteiger partial charge in [0.2, 0.25) is 5.91 Å². The number of pyridine rings is 1. The van der Waals surface area contributed by atoms with Gasteiger partial charge in [0.15, 0.2) is 0 Å². The first-order chi connectivity index (χ1) is 14.2. The van der Waals surface area contributed by atoms with E-state index in [9.17, 15) is 4.79 Å². The number of amides is 1. The van der Waals surface area contributed by atoms with Gasteiger partial charge in [-0.25, -0.2) is 9.97 Å². The number of carbonyl (C=O) groups excluding carboxylic acids is 1. The number of hydrogen-bond donors (Lipinski definition) is 0. The van der Waals surface area contributed by atoms with Crippen molar-refractivity contribution in [3.63, 3.8) is 0 Å². The molecule has 0 spiro atoms. The zero-order valence-corrected chi connectivity index (χ0v) is 17.0. The molecule has 0 radical (unpaired) electrons. The van der Waals surface area contributed by atoms with Crippen molar-refractivity contribution < 1.29 is 4.79 Å². The summed E-state index contributed by atoms with van der Waals surface area (Å²) in [6.07, 6.45) is 8.12. The second-order valence-electron chi connectivity index (χ2n) is 7.65. The van der Waals surface area contributed by atoms with Gasteiger partial charge in [-0.3, -0.25) is 9.36 Å². The number of aryl methyl sites for hydroxylation is 2. The van der Waals surface area contributed by atoms with Crippen LogP contribution in [-0.4, -0.2) is 38.4 Å². The summed E-state index contributed by atoms with van der Waals surface area (Å²) in [6.45, 7) is 3.71. The minimum Gasteiger partial charge on any atom is -0.342 e. The molecule has 3 aromatic rings. The number of hydrogen-bond acceptors (Lipinski definition) is 3. The number of carbonyl (C=O) groups is 1. The normalized spacial score (nSPS) is 16.7. The number of benzene rings is 1. The number of piperidine rings is 1. The Bertz CT molecular complexity index is 950. The second kappa shape index (κ2) is 9.03. The van der Waals surface area contributed by atoms with Crippen molar-refractivity contribution in [2.75, 3.05) is 13.1 Å². The standard InChI is InChI=1S/C24H28N4O/c1-2-22-25-15-17-28(22)23-12-6-11-21(26-23)20-10-7-16-27(18-20)24(29)14-13-19-8-4-3-5-9-19/h3-6,8-9,11-12,15,17,20H,2,7,10,13-14,16,18H2,1H3. The number of aromatic nitrogens is 3. The number of imidazole rings is 1. The molecule has 5 nitrogen and oxygen atoms in total. The SMILES string of the molecule is CCc1nccn1-c1cccc(C2CCCN(C(=O)CCc3ccccc3)C2)n1. The molecule has 3 heterocycles. The van der Waals surface area contributed by atoms with Crippen LogP contribution in [0.3, 0.4) is 0 Å². The Morgan fingerprint density at radius 2 is 2.00 bits per heavy atom. The molecule has 1 amide bonds. The lowest BCUT2D eigenvalue weighted by Crippen LogP contribution is -2.39. The van der Waals surface area contributed by atoms with Gasteiger partial charge in [0.05, 0.1) is 0 Å². The molecule has 1 saturated heterocycles. The Balaban J connectivity index is 1.43. The van der Waals surface area contributed by atoms with Gasteiger partial charge in [-0.05, 0) is 37.0 Å². The molecular weight excluding hydrogens is 360 g/mol. The maximum atomic E-state index is 12.8. The molecule has 1 fully saturated rings. The minimum absolute atomic E-state index is 0.248. The highest BCUT2D eigenvalue weighted by molar-refractivity contribution is 5.76. The molecule has 150 valence electrons. The molecule has 2 aromatic heterocycles. The molecule has 0 aliphatic carbocycles. The van der Waals surface area contributed by atoms with E-state index in [1.54, 1.807) is 0 Å². The molecule has 0 bridgehead atoms. The van der Waals surface area contributed by atoms with E-state index in [0.29, 0.717) is 6.42 Å². The van der Waals surface area contributed by atoms with Crippen molar-refractivity contribution in [3.8, 4) is 5.82 Å². The summed E-state index contributed by atoms with van der Waals surface area (Å²) in [4.78, 5) is 24.1. The zero-order valence-electron chi connectivity index (χ0n) is 17.0. The number of likely N-dealkylation sites (tertiary alicyclic amines) is 1. The third kappa shape index (κ3) is 4.56. The first kappa shape index (κ1) is 19.4. The van der Waals surface area contributed by atoms with Gasteiger partial charge >= 0.3 is 0 Å². The van der Waals surface area contributed by atoms with E-state index in [2.05, 4.69) is 40.7 Å². The van der Waals surface area contributed by atoms with Crippen LogP contribution in [0.2, 0.25) is 0 Å². The van der Waals surface area contributed by atoms with Crippen LogP contribution in [0, 0.1) is 0 Å². The zero-order chi connectivity index (χ0) is 20.1. The van der Waals surface area contributed by atoms with Crippen LogP contribution in [0.1, 0.15) is 49.2 Å². The predicted octanol–water partition coefficient (Wildman–Crippen LogP) is 4.17. The lowest BCUT2D eigenvalue weighted by molar-refractivity contribution is -0.132. The molecule has 4 rings (SSSR count). The van der Waals surface area contributed by atoms with E-state index < -0.39 is 0 Å². The molecular formula is C24H28N4O. The van der Waals surface area contributed by atoms with Gasteiger partial charge in [-0.2, -0.15) is 0 Å². The van der Waals surface area contributed by atoms with E-state index in [1.165, 1.54) is 5.56 Å². The largest absolute Gasteiger partial charge is 0.342 e. The predicted molar refractivity (Wildman–Crippen MR) is 114 cm³/mol. The Labute approximate surface area is 172 Å².